The lowest BCUT2D eigenvalue weighted by atomic mass is 9.79. The topological polar surface area (TPSA) is 58.3 Å². The van der Waals surface area contributed by atoms with Crippen molar-refractivity contribution in [3.63, 3.8) is 0 Å². The molecule has 1 aliphatic heterocycles. The Hall–Kier alpha value is -1.86. The van der Waals surface area contributed by atoms with Gasteiger partial charge in [-0.15, -0.1) is 0 Å². The van der Waals surface area contributed by atoms with Crippen LogP contribution in [0.3, 0.4) is 0 Å². The third kappa shape index (κ3) is 2.94. The van der Waals surface area contributed by atoms with Gasteiger partial charge in [0, 0.05) is 25.0 Å². The molecule has 2 aromatic heterocycles. The highest BCUT2D eigenvalue weighted by Crippen LogP contribution is 2.36. The van der Waals surface area contributed by atoms with Gasteiger partial charge in [0.15, 0.2) is 0 Å². The monoisotopic (exact) mass is 329 g/mol. The zero-order chi connectivity index (χ0) is 17.7. The number of nitrogens with zero attached hydrogens (tertiary/aromatic N) is 3. The Morgan fingerprint density at radius 1 is 1.17 bits per heavy atom. The minimum absolute atomic E-state index is 0.0784. The van der Waals surface area contributed by atoms with Crippen molar-refractivity contribution in [2.45, 2.75) is 52.4 Å². The Labute approximate surface area is 142 Å². The molecule has 128 valence electrons. The molecular formula is C17H24BN3O3. The number of hydrogen-bond donors (Lipinski definition) is 0. The van der Waals surface area contributed by atoms with E-state index in [4.69, 9.17) is 9.31 Å². The van der Waals surface area contributed by atoms with Gasteiger partial charge in [0.25, 0.3) is 5.56 Å². The van der Waals surface area contributed by atoms with E-state index < -0.39 is 18.3 Å². The minimum Gasteiger partial charge on any atom is -0.399 e. The summed E-state index contributed by atoms with van der Waals surface area (Å²) in [6.45, 7) is 10.4. The molecule has 0 unspecified atom stereocenters. The van der Waals surface area contributed by atoms with Crippen LogP contribution in [0.2, 0.25) is 0 Å². The normalized spacial score (nSPS) is 19.0. The standard InChI is InChI=1S/C17H24BN3O3/c1-12-7-13(18-23-16(2,3)17(4,5)24-18)8-15(22)21(12)10-14-9-20(6)11-19-14/h7-9,11H,10H2,1-6H3. The Morgan fingerprint density at radius 2 is 1.79 bits per heavy atom. The number of imidazole rings is 1. The van der Waals surface area contributed by atoms with Crippen LogP contribution < -0.4 is 11.0 Å². The zero-order valence-corrected chi connectivity index (χ0v) is 15.2. The molecule has 1 fully saturated rings. The number of pyridine rings is 1. The largest absolute Gasteiger partial charge is 0.495 e. The van der Waals surface area contributed by atoms with Gasteiger partial charge in [0.1, 0.15) is 0 Å². The molecule has 0 N–H and O–H groups in total. The summed E-state index contributed by atoms with van der Waals surface area (Å²) in [7, 11) is 1.39. The smallest absolute Gasteiger partial charge is 0.399 e. The highest BCUT2D eigenvalue weighted by molar-refractivity contribution is 6.62. The van der Waals surface area contributed by atoms with Gasteiger partial charge in [-0.25, -0.2) is 4.98 Å². The summed E-state index contributed by atoms with van der Waals surface area (Å²) in [6.07, 6.45) is 3.64. The summed E-state index contributed by atoms with van der Waals surface area (Å²) in [4.78, 5) is 16.9. The van der Waals surface area contributed by atoms with Crippen molar-refractivity contribution in [2.75, 3.05) is 0 Å². The van der Waals surface area contributed by atoms with Crippen molar-refractivity contribution in [3.8, 4) is 0 Å². The molecule has 1 aliphatic rings. The van der Waals surface area contributed by atoms with Crippen LogP contribution in [-0.2, 0) is 22.9 Å². The maximum Gasteiger partial charge on any atom is 0.495 e. The van der Waals surface area contributed by atoms with Crippen LogP contribution in [0, 0.1) is 6.92 Å². The molecule has 0 bridgehead atoms. The van der Waals surface area contributed by atoms with Gasteiger partial charge >= 0.3 is 7.12 Å². The Bertz CT molecular complexity index is 807. The van der Waals surface area contributed by atoms with Gasteiger partial charge in [-0.2, -0.15) is 0 Å². The lowest BCUT2D eigenvalue weighted by Gasteiger charge is -2.32. The van der Waals surface area contributed by atoms with E-state index in [1.54, 1.807) is 17.0 Å². The van der Waals surface area contributed by atoms with Gasteiger partial charge in [0.05, 0.1) is 29.8 Å². The lowest BCUT2D eigenvalue weighted by Crippen LogP contribution is -2.41. The molecule has 2 aromatic rings. The molecule has 6 nitrogen and oxygen atoms in total. The van der Waals surface area contributed by atoms with E-state index in [1.807, 2.05) is 58.5 Å². The van der Waals surface area contributed by atoms with E-state index >= 15 is 0 Å². The number of hydrogen-bond acceptors (Lipinski definition) is 4. The van der Waals surface area contributed by atoms with Crippen LogP contribution in [0.4, 0.5) is 0 Å². The molecule has 1 saturated heterocycles. The molecule has 3 rings (SSSR count). The Morgan fingerprint density at radius 3 is 2.29 bits per heavy atom. The highest BCUT2D eigenvalue weighted by atomic mass is 16.7. The van der Waals surface area contributed by atoms with Crippen LogP contribution in [0.15, 0.2) is 29.5 Å². The molecule has 0 saturated carbocycles. The Kier molecular flexibility index (Phi) is 3.96. The van der Waals surface area contributed by atoms with E-state index in [-0.39, 0.29) is 5.56 Å². The van der Waals surface area contributed by atoms with Crippen LogP contribution in [-0.4, -0.2) is 32.4 Å². The second-order valence-corrected chi connectivity index (χ2v) is 7.47. The second-order valence-electron chi connectivity index (χ2n) is 7.47. The first-order chi connectivity index (χ1) is 11.1. The average molecular weight is 329 g/mol. The van der Waals surface area contributed by atoms with Crippen LogP contribution in [0.25, 0.3) is 0 Å². The summed E-state index contributed by atoms with van der Waals surface area (Å²) >= 11 is 0. The maximum atomic E-state index is 12.6. The predicted octanol–water partition coefficient (Wildman–Crippen LogP) is 1.24. The molecule has 3 heterocycles. The van der Waals surface area contributed by atoms with Gasteiger partial charge in [-0.05, 0) is 46.1 Å². The number of aryl methyl sites for hydroxylation is 2. The van der Waals surface area contributed by atoms with Crippen molar-refractivity contribution in [1.29, 1.82) is 0 Å². The number of rotatable bonds is 3. The predicted molar refractivity (Wildman–Crippen MR) is 93.5 cm³/mol. The van der Waals surface area contributed by atoms with Crippen molar-refractivity contribution < 1.29 is 9.31 Å². The van der Waals surface area contributed by atoms with Gasteiger partial charge in [-0.1, -0.05) is 0 Å². The Balaban J connectivity index is 1.89. The molecule has 0 amide bonds. The molecule has 0 aromatic carbocycles. The zero-order valence-electron chi connectivity index (χ0n) is 15.2. The first-order valence-corrected chi connectivity index (χ1v) is 8.13. The van der Waals surface area contributed by atoms with Crippen molar-refractivity contribution >= 4 is 12.6 Å². The van der Waals surface area contributed by atoms with Crippen LogP contribution >= 0.6 is 0 Å². The minimum atomic E-state index is -0.522. The summed E-state index contributed by atoms with van der Waals surface area (Å²) in [5, 5.41) is 0. The molecule has 0 aliphatic carbocycles. The summed E-state index contributed by atoms with van der Waals surface area (Å²) in [6, 6.07) is 3.55. The first-order valence-electron chi connectivity index (χ1n) is 8.13. The summed E-state index contributed by atoms with van der Waals surface area (Å²) in [5.41, 5.74) is 1.55. The fourth-order valence-corrected chi connectivity index (χ4v) is 2.78. The van der Waals surface area contributed by atoms with E-state index in [9.17, 15) is 4.79 Å². The molecule has 0 spiro atoms. The second kappa shape index (κ2) is 5.60. The van der Waals surface area contributed by atoms with Gasteiger partial charge in [-0.3, -0.25) is 4.79 Å². The fourth-order valence-electron chi connectivity index (χ4n) is 2.78. The third-order valence-electron chi connectivity index (χ3n) is 4.96. The van der Waals surface area contributed by atoms with Crippen molar-refractivity contribution in [1.82, 2.24) is 14.1 Å². The van der Waals surface area contributed by atoms with Crippen LogP contribution in [0.1, 0.15) is 39.1 Å². The summed E-state index contributed by atoms with van der Waals surface area (Å²) in [5.74, 6) is 0. The fraction of sp³-hybridized carbons (Fsp3) is 0.529. The average Bonchev–Trinajstić information content (AvgIpc) is 2.95. The van der Waals surface area contributed by atoms with E-state index in [2.05, 4.69) is 4.98 Å². The SMILES string of the molecule is Cc1cc(B2OC(C)(C)C(C)(C)O2)cc(=O)n1Cc1cn(C)cn1. The molecule has 0 atom stereocenters. The molecule has 24 heavy (non-hydrogen) atoms. The van der Waals surface area contributed by atoms with E-state index in [0.717, 1.165) is 16.9 Å². The third-order valence-corrected chi connectivity index (χ3v) is 4.96. The molecule has 7 heteroatoms. The van der Waals surface area contributed by atoms with Gasteiger partial charge in [0.2, 0.25) is 0 Å². The van der Waals surface area contributed by atoms with Crippen molar-refractivity contribution in [3.05, 3.63) is 46.4 Å². The first kappa shape index (κ1) is 17.0. The van der Waals surface area contributed by atoms with Gasteiger partial charge < -0.3 is 18.4 Å². The van der Waals surface area contributed by atoms with E-state index in [1.165, 1.54) is 0 Å². The van der Waals surface area contributed by atoms with Crippen molar-refractivity contribution in [2.24, 2.45) is 7.05 Å². The molecular weight excluding hydrogens is 305 g/mol. The number of aromatic nitrogens is 3. The quantitative estimate of drug-likeness (QED) is 0.795. The lowest BCUT2D eigenvalue weighted by molar-refractivity contribution is 0.00578. The maximum absolute atomic E-state index is 12.6. The van der Waals surface area contributed by atoms with Crippen LogP contribution in [0.5, 0.6) is 0 Å². The highest BCUT2D eigenvalue weighted by Gasteiger charge is 2.51. The van der Waals surface area contributed by atoms with E-state index in [0.29, 0.717) is 6.54 Å². The molecule has 0 radical (unpaired) electrons. The summed E-state index contributed by atoms with van der Waals surface area (Å²) < 4.78 is 15.6.